The Kier molecular flexibility index (Phi) is 4.60. The molecular formula is C16H14ClFN2. The third-order valence-corrected chi connectivity index (χ3v) is 3.21. The third-order valence-electron chi connectivity index (χ3n) is 2.96. The summed E-state index contributed by atoms with van der Waals surface area (Å²) in [5, 5.41) is 12.8. The zero-order chi connectivity index (χ0) is 14.5. The quantitative estimate of drug-likeness (QED) is 0.905. The number of nitriles is 1. The SMILES string of the molecule is CC(Cc1ccc(Cl)cc1)Nc1ccc(F)c(C#N)c1. The molecule has 0 aliphatic carbocycles. The number of anilines is 1. The molecule has 2 rings (SSSR count). The van der Waals surface area contributed by atoms with Crippen LogP contribution < -0.4 is 5.32 Å². The molecule has 1 N–H and O–H groups in total. The van der Waals surface area contributed by atoms with Gasteiger partial charge in [-0.3, -0.25) is 0 Å². The van der Waals surface area contributed by atoms with Crippen molar-refractivity contribution in [2.24, 2.45) is 0 Å². The summed E-state index contributed by atoms with van der Waals surface area (Å²) in [6, 6.07) is 14.1. The second-order valence-electron chi connectivity index (χ2n) is 4.68. The lowest BCUT2D eigenvalue weighted by Crippen LogP contribution is -2.18. The van der Waals surface area contributed by atoms with Gasteiger partial charge in [-0.2, -0.15) is 5.26 Å². The Bertz CT molecular complexity index is 632. The first-order chi connectivity index (χ1) is 9.58. The zero-order valence-electron chi connectivity index (χ0n) is 11.0. The van der Waals surface area contributed by atoms with Gasteiger partial charge in [-0.05, 0) is 49.2 Å². The van der Waals surface area contributed by atoms with Crippen LogP contribution in [0.5, 0.6) is 0 Å². The number of nitrogens with one attached hydrogen (secondary N) is 1. The Morgan fingerprint density at radius 2 is 1.95 bits per heavy atom. The third kappa shape index (κ3) is 3.72. The molecule has 0 bridgehead atoms. The second-order valence-corrected chi connectivity index (χ2v) is 5.12. The van der Waals surface area contributed by atoms with Gasteiger partial charge in [0.15, 0.2) is 0 Å². The summed E-state index contributed by atoms with van der Waals surface area (Å²) in [6.45, 7) is 2.03. The maximum absolute atomic E-state index is 13.2. The average molecular weight is 289 g/mol. The highest BCUT2D eigenvalue weighted by molar-refractivity contribution is 6.30. The zero-order valence-corrected chi connectivity index (χ0v) is 11.8. The molecule has 0 aliphatic rings. The number of halogens is 2. The molecule has 0 spiro atoms. The van der Waals surface area contributed by atoms with Gasteiger partial charge in [-0.1, -0.05) is 23.7 Å². The van der Waals surface area contributed by atoms with Crippen molar-refractivity contribution in [1.82, 2.24) is 0 Å². The van der Waals surface area contributed by atoms with E-state index in [1.165, 1.54) is 12.1 Å². The molecule has 0 saturated carbocycles. The standard InChI is InChI=1S/C16H14ClFN2/c1-11(8-12-2-4-14(17)5-3-12)20-15-6-7-16(18)13(9-15)10-19/h2-7,9,11,20H,8H2,1H3. The Morgan fingerprint density at radius 1 is 1.25 bits per heavy atom. The molecule has 0 amide bonds. The molecule has 20 heavy (non-hydrogen) atoms. The maximum Gasteiger partial charge on any atom is 0.141 e. The molecule has 0 aliphatic heterocycles. The number of hydrogen-bond donors (Lipinski definition) is 1. The van der Waals surface area contributed by atoms with Crippen LogP contribution in [0.1, 0.15) is 18.1 Å². The fourth-order valence-corrected chi connectivity index (χ4v) is 2.14. The molecule has 2 aromatic rings. The van der Waals surface area contributed by atoms with Crippen molar-refractivity contribution in [3.05, 3.63) is 64.4 Å². The van der Waals surface area contributed by atoms with E-state index in [1.807, 2.05) is 37.3 Å². The molecule has 0 saturated heterocycles. The van der Waals surface area contributed by atoms with Gasteiger partial charge in [0.25, 0.3) is 0 Å². The maximum atomic E-state index is 13.2. The Hall–Kier alpha value is -2.05. The molecule has 2 aromatic carbocycles. The molecule has 2 nitrogen and oxygen atoms in total. The highest BCUT2D eigenvalue weighted by Crippen LogP contribution is 2.17. The van der Waals surface area contributed by atoms with Crippen LogP contribution in [0.2, 0.25) is 5.02 Å². The highest BCUT2D eigenvalue weighted by atomic mass is 35.5. The van der Waals surface area contributed by atoms with Gasteiger partial charge in [0.05, 0.1) is 5.56 Å². The van der Waals surface area contributed by atoms with Crippen LogP contribution in [0.4, 0.5) is 10.1 Å². The lowest BCUT2D eigenvalue weighted by Gasteiger charge is -2.15. The van der Waals surface area contributed by atoms with E-state index >= 15 is 0 Å². The van der Waals surface area contributed by atoms with Crippen LogP contribution in [-0.4, -0.2) is 6.04 Å². The molecule has 102 valence electrons. The van der Waals surface area contributed by atoms with Crippen LogP contribution in [-0.2, 0) is 6.42 Å². The van der Waals surface area contributed by atoms with Crippen molar-refractivity contribution < 1.29 is 4.39 Å². The summed E-state index contributed by atoms with van der Waals surface area (Å²) in [7, 11) is 0. The van der Waals surface area contributed by atoms with Crippen molar-refractivity contribution >= 4 is 17.3 Å². The number of nitrogens with zero attached hydrogens (tertiary/aromatic N) is 1. The minimum atomic E-state index is -0.497. The minimum Gasteiger partial charge on any atom is -0.382 e. The lowest BCUT2D eigenvalue weighted by atomic mass is 10.1. The fourth-order valence-electron chi connectivity index (χ4n) is 2.01. The summed E-state index contributed by atoms with van der Waals surface area (Å²) < 4.78 is 13.2. The summed E-state index contributed by atoms with van der Waals surface area (Å²) >= 11 is 5.84. The molecule has 4 heteroatoms. The Labute approximate surface area is 122 Å². The van der Waals surface area contributed by atoms with E-state index in [-0.39, 0.29) is 11.6 Å². The van der Waals surface area contributed by atoms with Crippen LogP contribution in [0.15, 0.2) is 42.5 Å². The normalized spacial score (nSPS) is 11.7. The van der Waals surface area contributed by atoms with E-state index in [1.54, 1.807) is 6.07 Å². The summed E-state index contributed by atoms with van der Waals surface area (Å²) in [5.41, 5.74) is 1.95. The predicted octanol–water partition coefficient (Wildman–Crippen LogP) is 4.39. The molecule has 0 fully saturated rings. The van der Waals surface area contributed by atoms with E-state index in [4.69, 9.17) is 16.9 Å². The van der Waals surface area contributed by atoms with Crippen LogP contribution in [0.3, 0.4) is 0 Å². The van der Waals surface area contributed by atoms with Gasteiger partial charge in [-0.15, -0.1) is 0 Å². The predicted molar refractivity (Wildman–Crippen MR) is 79.4 cm³/mol. The van der Waals surface area contributed by atoms with E-state index < -0.39 is 5.82 Å². The average Bonchev–Trinajstić information content (AvgIpc) is 2.43. The van der Waals surface area contributed by atoms with E-state index in [9.17, 15) is 4.39 Å². The van der Waals surface area contributed by atoms with Crippen LogP contribution in [0, 0.1) is 17.1 Å². The summed E-state index contributed by atoms with van der Waals surface area (Å²) in [6.07, 6.45) is 0.816. The van der Waals surface area contributed by atoms with Crippen molar-refractivity contribution in [2.75, 3.05) is 5.32 Å². The Morgan fingerprint density at radius 3 is 2.60 bits per heavy atom. The van der Waals surface area contributed by atoms with E-state index in [0.29, 0.717) is 5.02 Å². The lowest BCUT2D eigenvalue weighted by molar-refractivity contribution is 0.624. The molecule has 0 heterocycles. The number of rotatable bonds is 4. The molecule has 0 radical (unpaired) electrons. The van der Waals surface area contributed by atoms with Crippen molar-refractivity contribution in [3.8, 4) is 6.07 Å². The van der Waals surface area contributed by atoms with E-state index in [0.717, 1.165) is 17.7 Å². The summed E-state index contributed by atoms with van der Waals surface area (Å²) in [5.74, 6) is -0.497. The van der Waals surface area contributed by atoms with Crippen molar-refractivity contribution in [1.29, 1.82) is 5.26 Å². The van der Waals surface area contributed by atoms with Gasteiger partial charge in [0, 0.05) is 16.8 Å². The van der Waals surface area contributed by atoms with Crippen LogP contribution >= 0.6 is 11.6 Å². The van der Waals surface area contributed by atoms with Crippen LogP contribution in [0.25, 0.3) is 0 Å². The second kappa shape index (κ2) is 6.40. The van der Waals surface area contributed by atoms with Gasteiger partial charge in [0.1, 0.15) is 11.9 Å². The first-order valence-corrected chi connectivity index (χ1v) is 6.67. The molecular weight excluding hydrogens is 275 g/mol. The molecule has 1 unspecified atom stereocenters. The highest BCUT2D eigenvalue weighted by Gasteiger charge is 2.07. The first kappa shape index (κ1) is 14.4. The Balaban J connectivity index is 2.03. The largest absolute Gasteiger partial charge is 0.382 e. The number of benzene rings is 2. The first-order valence-electron chi connectivity index (χ1n) is 6.29. The van der Waals surface area contributed by atoms with Gasteiger partial charge in [-0.25, -0.2) is 4.39 Å². The van der Waals surface area contributed by atoms with Gasteiger partial charge in [0.2, 0.25) is 0 Å². The smallest absolute Gasteiger partial charge is 0.141 e. The van der Waals surface area contributed by atoms with E-state index in [2.05, 4.69) is 5.32 Å². The monoisotopic (exact) mass is 288 g/mol. The number of hydrogen-bond acceptors (Lipinski definition) is 2. The molecule has 0 aromatic heterocycles. The summed E-state index contributed by atoms with van der Waals surface area (Å²) in [4.78, 5) is 0. The minimum absolute atomic E-state index is 0.0497. The van der Waals surface area contributed by atoms with Gasteiger partial charge < -0.3 is 5.32 Å². The molecule has 1 atom stereocenters. The topological polar surface area (TPSA) is 35.8 Å². The van der Waals surface area contributed by atoms with Gasteiger partial charge >= 0.3 is 0 Å². The van der Waals surface area contributed by atoms with Crippen molar-refractivity contribution in [2.45, 2.75) is 19.4 Å². The van der Waals surface area contributed by atoms with Crippen molar-refractivity contribution in [3.63, 3.8) is 0 Å². The fraction of sp³-hybridized carbons (Fsp3) is 0.188.